The molecule has 602 valence electrons. The number of nitrogens with one attached hydrogen (secondary N) is 2. The van der Waals surface area contributed by atoms with E-state index in [-0.39, 0.29) is 88.2 Å². The number of alkyl halides is 1. The minimum absolute atomic E-state index is 0.0350. The Kier molecular flexibility index (Phi) is 30.8. The molecule has 39 nitrogen and oxygen atoms in total. The maximum Gasteiger partial charge on any atom is 0.490 e. The highest BCUT2D eigenvalue weighted by atomic mass is 79.9. The minimum atomic E-state index is -5.77. The van der Waals surface area contributed by atoms with E-state index in [1.54, 1.807) is 45.0 Å². The topological polar surface area (TPSA) is 542 Å². The van der Waals surface area contributed by atoms with E-state index in [1.165, 1.54) is 41.2 Å². The Labute approximate surface area is 627 Å². The molecule has 3 aliphatic rings. The lowest BCUT2D eigenvalue weighted by Gasteiger charge is -2.39. The molecule has 3 saturated heterocycles. The Balaban J connectivity index is 0.000000258. The van der Waals surface area contributed by atoms with Crippen LogP contribution in [0.2, 0.25) is 18.1 Å². The first-order valence-corrected chi connectivity index (χ1v) is 42.3. The third-order valence-electron chi connectivity index (χ3n) is 17.4. The number of nitro groups is 2. The molecule has 5 unspecified atom stereocenters. The van der Waals surface area contributed by atoms with E-state index in [0.29, 0.717) is 23.0 Å². The van der Waals surface area contributed by atoms with Gasteiger partial charge >= 0.3 is 46.6 Å². The average Bonchev–Trinajstić information content (AvgIpc) is 1.43. The molecular formula is C64H94BrN8O31P3Si. The predicted molar refractivity (Wildman–Crippen MR) is 389 cm³/mol. The average molecular weight is 1670 g/mol. The van der Waals surface area contributed by atoms with Crippen LogP contribution in [-0.2, 0) is 78.2 Å². The summed E-state index contributed by atoms with van der Waals surface area (Å²) in [5.41, 5.74) is -5.31. The van der Waals surface area contributed by atoms with E-state index in [4.69, 9.17) is 42.6 Å². The van der Waals surface area contributed by atoms with Gasteiger partial charge in [-0.15, -0.1) is 0 Å². The molecule has 3 aliphatic heterocycles. The van der Waals surface area contributed by atoms with Crippen molar-refractivity contribution in [2.75, 3.05) is 13.2 Å². The van der Waals surface area contributed by atoms with E-state index in [1.807, 2.05) is 41.5 Å². The third kappa shape index (κ3) is 24.5. The summed E-state index contributed by atoms with van der Waals surface area (Å²) in [5.74, 6) is 0.0436. The SMILES string of the molecule is CC(C)(C)[C@H](OCc1cn([C@H]2CC(O)[C@@H](CO)O2)c(=O)[nH]c1=O)c1ccccc1[N+](=O)[O-].CC(C)C[C@H](OCc1cn([C@H]2CC(O)[C@@H](COP(=O)(O)OP(=O)(O)OP(=O)(O)O)O2)c(=O)[nH]c1=O)c1ccccc1[N+](=O)[O-].CC[C@H]1O[C@@H](n2cc(CBr)c(=O)n(C(=O)OC(C)(C)C)c2=O)CC1O[Si](C)(C)C(C)(C)C. The van der Waals surface area contributed by atoms with Gasteiger partial charge in [0, 0.05) is 60.9 Å². The second kappa shape index (κ2) is 36.8. The van der Waals surface area contributed by atoms with E-state index in [0.717, 1.165) is 21.8 Å². The number of benzene rings is 2. The van der Waals surface area contributed by atoms with Gasteiger partial charge in [-0.1, -0.05) is 103 Å². The van der Waals surface area contributed by atoms with Crippen molar-refractivity contribution in [2.24, 2.45) is 11.3 Å². The molecule has 9 N–H and O–H groups in total. The van der Waals surface area contributed by atoms with Gasteiger partial charge in [-0.25, -0.2) is 32.9 Å². The fourth-order valence-electron chi connectivity index (χ4n) is 11.2. The summed E-state index contributed by atoms with van der Waals surface area (Å²) in [6, 6.07) is 12.2. The highest BCUT2D eigenvalue weighted by Crippen LogP contribution is 2.66. The third-order valence-corrected chi connectivity index (χ3v) is 26.3. The van der Waals surface area contributed by atoms with Crippen LogP contribution in [0, 0.1) is 31.6 Å². The molecule has 8 rings (SSSR count). The van der Waals surface area contributed by atoms with Gasteiger partial charge < -0.3 is 67.7 Å². The number of nitrogens with zero attached hydrogens (tertiary/aromatic N) is 6. The van der Waals surface area contributed by atoms with Crippen LogP contribution in [-0.4, -0.2) is 143 Å². The summed E-state index contributed by atoms with van der Waals surface area (Å²) < 4.78 is 90.9. The van der Waals surface area contributed by atoms with E-state index >= 15 is 0 Å². The van der Waals surface area contributed by atoms with Gasteiger partial charge in [-0.2, -0.15) is 13.2 Å². The van der Waals surface area contributed by atoms with E-state index in [9.17, 15) is 92.6 Å². The molecule has 6 heterocycles. The molecule has 2 aromatic carbocycles. The summed E-state index contributed by atoms with van der Waals surface area (Å²) >= 11 is 3.28. The van der Waals surface area contributed by atoms with Crippen LogP contribution in [0.25, 0.3) is 0 Å². The first kappa shape index (κ1) is 90.4. The van der Waals surface area contributed by atoms with Crippen LogP contribution in [0.15, 0.2) is 95.9 Å². The highest BCUT2D eigenvalue weighted by molar-refractivity contribution is 9.08. The van der Waals surface area contributed by atoms with Crippen molar-refractivity contribution in [2.45, 2.75) is 225 Å². The minimum Gasteiger partial charge on any atom is -0.443 e. The normalized spacial score (nSPS) is 22.3. The molecule has 13 atom stereocenters. The number of aromatic nitrogens is 6. The Hall–Kier alpha value is -6.50. The number of rotatable bonds is 27. The Morgan fingerprint density at radius 2 is 1.16 bits per heavy atom. The lowest BCUT2D eigenvalue weighted by molar-refractivity contribution is -0.386. The number of aliphatic hydroxyl groups is 3. The van der Waals surface area contributed by atoms with Crippen LogP contribution in [0.5, 0.6) is 0 Å². The quantitative estimate of drug-likeness (QED) is 0.00792. The summed E-state index contributed by atoms with van der Waals surface area (Å²) in [7, 11) is -18.9. The van der Waals surface area contributed by atoms with Gasteiger partial charge in [-0.05, 0) is 75.2 Å². The second-order valence-electron chi connectivity index (χ2n) is 29.5. The maximum absolute atomic E-state index is 13.2. The number of halogens is 1. The zero-order chi connectivity index (χ0) is 81.3. The summed E-state index contributed by atoms with van der Waals surface area (Å²) in [6.07, 6.45) is -5.14. The number of H-pyrrole nitrogens is 2. The van der Waals surface area contributed by atoms with Gasteiger partial charge in [0.05, 0.1) is 95.2 Å². The molecule has 0 radical (unpaired) electrons. The zero-order valence-electron chi connectivity index (χ0n) is 61.7. The molecule has 44 heteroatoms. The first-order valence-electron chi connectivity index (χ1n) is 33.8. The molecule has 3 fully saturated rings. The summed E-state index contributed by atoms with van der Waals surface area (Å²) in [5, 5.41) is 52.8. The number of carbonyl (C=O) groups excluding carboxylic acids is 1. The molecular weight excluding hydrogens is 1580 g/mol. The standard InChI is InChI=1S/C22H37BrN2O6Si.C21H30N3O17P3.C21H27N3O8/c1-10-15-16(31-32(8,9)22(5,6)7)11-17(29-15)24-13-14(12-23)18(26)25(19(24)27)20(28)30-21(2,3)4;1-12(2)7-17(14-5-3-4-6-15(14)24(28)29)37-10-13-9-23(21(27)22-20(13)26)19-8-16(25)18(39-19)11-38-43(33,34)41-44(35,36)40-42(30,31)32;1-21(2,3)18(13-6-4-5-7-14(13)24(29)30)31-11-12-9-23(20(28)22-19(12)27)17-8-15(26)16(10-25)32-17/h13,15-17H,10-12H2,1-9H3;3-6,9,12,16-19,25H,7-8,10-11H2,1-2H3,(H,33,34)(H,35,36)(H,22,26,27)(H2,30,31,32);4-7,9,15-18,25-26H,8,10-11H2,1-3H3,(H,22,27,28)/t15-,16?,17-;16?,17-,18+,19+;15?,16-,17-,18-/m101/s1. The number of ether oxygens (including phenoxy) is 6. The smallest absolute Gasteiger partial charge is 0.443 e. The fraction of sp³-hybridized carbons (Fsp3) is 0.609. The van der Waals surface area contributed by atoms with Gasteiger partial charge in [-0.3, -0.25) is 62.8 Å². The fourth-order valence-corrected chi connectivity index (χ4v) is 16.0. The lowest BCUT2D eigenvalue weighted by atomic mass is 9.84. The highest BCUT2D eigenvalue weighted by Gasteiger charge is 2.47. The monoisotopic (exact) mass is 1670 g/mol. The van der Waals surface area contributed by atoms with E-state index in [2.05, 4.69) is 72.9 Å². The Morgan fingerprint density at radius 3 is 1.62 bits per heavy atom. The molecule has 3 aromatic heterocycles. The van der Waals surface area contributed by atoms with Crippen molar-refractivity contribution in [1.29, 1.82) is 0 Å². The number of carbonyl (C=O) groups is 1. The maximum atomic E-state index is 13.2. The Bertz CT molecular complexity index is 4540. The first-order chi connectivity index (χ1) is 49.8. The molecule has 0 amide bonds. The largest absolute Gasteiger partial charge is 0.490 e. The second-order valence-corrected chi connectivity index (χ2v) is 39.2. The number of hydrogen-bond donors (Lipinski definition) is 9. The van der Waals surface area contributed by atoms with Gasteiger partial charge in [0.1, 0.15) is 36.5 Å². The molecule has 5 aromatic rings. The number of phosphoric ester groups is 1. The van der Waals surface area contributed by atoms with Gasteiger partial charge in [0.25, 0.3) is 28.1 Å². The number of aromatic amines is 2. The predicted octanol–water partition coefficient (Wildman–Crippen LogP) is 7.91. The molecule has 0 aliphatic carbocycles. The van der Waals surface area contributed by atoms with Crippen molar-refractivity contribution in [3.63, 3.8) is 0 Å². The number of phosphoric acid groups is 3. The van der Waals surface area contributed by atoms with Crippen LogP contribution in [0.3, 0.4) is 0 Å². The Morgan fingerprint density at radius 1 is 0.685 bits per heavy atom. The molecule has 0 bridgehead atoms. The van der Waals surface area contributed by atoms with E-state index < -0.39 is 161 Å². The van der Waals surface area contributed by atoms with Crippen LogP contribution < -0.4 is 33.7 Å². The molecule has 108 heavy (non-hydrogen) atoms. The number of aliphatic hydroxyl groups excluding tert-OH is 3. The summed E-state index contributed by atoms with van der Waals surface area (Å²) in [6.45, 7) is 25.3. The number of nitro benzene ring substituents is 2. The van der Waals surface area contributed by atoms with Gasteiger partial charge in [0.15, 0.2) is 8.32 Å². The molecule has 0 spiro atoms. The zero-order valence-corrected chi connectivity index (χ0v) is 67.0. The van der Waals surface area contributed by atoms with Crippen LogP contribution in [0.4, 0.5) is 16.2 Å². The number of hydrogen-bond acceptors (Lipinski definition) is 27. The van der Waals surface area contributed by atoms with Crippen LogP contribution in [0.1, 0.15) is 174 Å². The molecule has 0 saturated carbocycles. The lowest BCUT2D eigenvalue weighted by Crippen LogP contribution is -2.47. The van der Waals surface area contributed by atoms with Crippen molar-refractivity contribution in [3.05, 3.63) is 178 Å². The van der Waals surface area contributed by atoms with Crippen molar-refractivity contribution in [1.82, 2.24) is 28.2 Å². The van der Waals surface area contributed by atoms with Crippen molar-refractivity contribution in [3.8, 4) is 0 Å². The number of para-hydroxylation sites is 2. The van der Waals surface area contributed by atoms with Crippen molar-refractivity contribution >= 4 is 65.2 Å². The summed E-state index contributed by atoms with van der Waals surface area (Å²) in [4.78, 5) is 151. The van der Waals surface area contributed by atoms with Crippen LogP contribution >= 0.6 is 39.4 Å². The van der Waals surface area contributed by atoms with Gasteiger partial charge in [0.2, 0.25) is 0 Å². The van der Waals surface area contributed by atoms with Crippen molar-refractivity contribution < 1.29 is 109 Å².